The Morgan fingerprint density at radius 1 is 1.09 bits per heavy atom. The Labute approximate surface area is 132 Å². The Balaban J connectivity index is 1.89. The number of aromatic amines is 1. The van der Waals surface area contributed by atoms with E-state index in [9.17, 15) is 4.79 Å². The van der Waals surface area contributed by atoms with Gasteiger partial charge < -0.3 is 4.98 Å². The molecule has 0 saturated heterocycles. The van der Waals surface area contributed by atoms with Gasteiger partial charge in [-0.1, -0.05) is 18.0 Å². The highest BCUT2D eigenvalue weighted by Gasteiger charge is 2.17. The number of nitrogens with one attached hydrogen (secondary N) is 1. The van der Waals surface area contributed by atoms with Gasteiger partial charge in [-0.25, -0.2) is 9.97 Å². The van der Waals surface area contributed by atoms with Crippen LogP contribution in [-0.2, 0) is 13.0 Å². The average molecular weight is 315 g/mol. The van der Waals surface area contributed by atoms with Crippen molar-refractivity contribution in [2.45, 2.75) is 32.2 Å². The minimum absolute atomic E-state index is 0.0432. The lowest BCUT2D eigenvalue weighted by Gasteiger charge is -2.06. The Morgan fingerprint density at radius 3 is 2.73 bits per heavy atom. The first-order valence-electron chi connectivity index (χ1n) is 7.48. The lowest BCUT2D eigenvalue weighted by atomic mass is 10.2. The predicted molar refractivity (Wildman–Crippen MR) is 86.1 cm³/mol. The zero-order valence-corrected chi connectivity index (χ0v) is 12.7. The molecule has 1 aromatic carbocycles. The zero-order chi connectivity index (χ0) is 15.1. The van der Waals surface area contributed by atoms with Crippen molar-refractivity contribution in [1.82, 2.24) is 19.5 Å². The number of benzene rings is 1. The summed E-state index contributed by atoms with van der Waals surface area (Å²) in [5.41, 5.74) is 1.83. The van der Waals surface area contributed by atoms with Gasteiger partial charge in [0.1, 0.15) is 11.6 Å². The maximum absolute atomic E-state index is 12.6. The molecule has 0 fully saturated rings. The molecule has 112 valence electrons. The van der Waals surface area contributed by atoms with Crippen LogP contribution in [0.2, 0.25) is 5.02 Å². The van der Waals surface area contributed by atoms with E-state index in [-0.39, 0.29) is 5.56 Å². The summed E-state index contributed by atoms with van der Waals surface area (Å²) in [6.07, 6.45) is 4.09. The molecule has 3 aromatic rings. The molecule has 1 N–H and O–H groups in total. The minimum atomic E-state index is -0.0432. The van der Waals surface area contributed by atoms with E-state index in [4.69, 9.17) is 11.6 Å². The topological polar surface area (TPSA) is 63.6 Å². The van der Waals surface area contributed by atoms with Crippen LogP contribution < -0.4 is 5.56 Å². The summed E-state index contributed by atoms with van der Waals surface area (Å²) >= 11 is 5.91. The highest BCUT2D eigenvalue weighted by Crippen LogP contribution is 2.21. The van der Waals surface area contributed by atoms with Gasteiger partial charge in [-0.05, 0) is 37.1 Å². The van der Waals surface area contributed by atoms with Crippen LogP contribution in [0.4, 0.5) is 0 Å². The van der Waals surface area contributed by atoms with Gasteiger partial charge in [0.25, 0.3) is 5.56 Å². The second kappa shape index (κ2) is 5.25. The summed E-state index contributed by atoms with van der Waals surface area (Å²) in [4.78, 5) is 24.9. The molecule has 0 aliphatic carbocycles. The van der Waals surface area contributed by atoms with Gasteiger partial charge in [0.2, 0.25) is 0 Å². The average Bonchev–Trinajstić information content (AvgIpc) is 2.80. The molecule has 0 spiro atoms. The lowest BCUT2D eigenvalue weighted by molar-refractivity contribution is 0.613. The number of aromatic nitrogens is 4. The molecule has 5 nitrogen and oxygen atoms in total. The molecular weight excluding hydrogens is 300 g/mol. The van der Waals surface area contributed by atoms with Crippen molar-refractivity contribution in [2.24, 2.45) is 0 Å². The molecule has 4 rings (SSSR count). The molecule has 0 saturated carbocycles. The third-order valence-corrected chi connectivity index (χ3v) is 4.34. The van der Waals surface area contributed by atoms with Crippen molar-refractivity contribution in [1.29, 1.82) is 0 Å². The van der Waals surface area contributed by atoms with Crippen LogP contribution in [0.1, 0.15) is 25.1 Å². The number of imidazole rings is 1. The second-order valence-corrected chi connectivity index (χ2v) is 6.02. The molecule has 0 bridgehead atoms. The SMILES string of the molecule is O=c1c2nc(-c3ccc(Cl)cc3)[nH]c2nc2n1CCCCC2. The summed E-state index contributed by atoms with van der Waals surface area (Å²) in [5.74, 6) is 1.51. The minimum Gasteiger partial charge on any atom is -0.322 e. The van der Waals surface area contributed by atoms with E-state index in [0.717, 1.165) is 43.6 Å². The van der Waals surface area contributed by atoms with Crippen LogP contribution in [0.25, 0.3) is 22.6 Å². The van der Waals surface area contributed by atoms with Crippen LogP contribution in [0.15, 0.2) is 29.1 Å². The molecule has 1 aliphatic rings. The van der Waals surface area contributed by atoms with Gasteiger partial charge in [-0.15, -0.1) is 0 Å². The van der Waals surface area contributed by atoms with Crippen LogP contribution in [0.5, 0.6) is 0 Å². The lowest BCUT2D eigenvalue weighted by Crippen LogP contribution is -2.24. The van der Waals surface area contributed by atoms with Crippen molar-refractivity contribution < 1.29 is 0 Å². The van der Waals surface area contributed by atoms with Gasteiger partial charge >= 0.3 is 0 Å². The highest BCUT2D eigenvalue weighted by molar-refractivity contribution is 6.30. The number of hydrogen-bond acceptors (Lipinski definition) is 3. The summed E-state index contributed by atoms with van der Waals surface area (Å²) < 4.78 is 1.78. The maximum atomic E-state index is 12.6. The van der Waals surface area contributed by atoms with Gasteiger partial charge in [0, 0.05) is 23.6 Å². The summed E-state index contributed by atoms with van der Waals surface area (Å²) in [7, 11) is 0. The highest BCUT2D eigenvalue weighted by atomic mass is 35.5. The molecular formula is C16H15ClN4O. The third-order valence-electron chi connectivity index (χ3n) is 4.08. The van der Waals surface area contributed by atoms with Gasteiger partial charge in [0.15, 0.2) is 11.2 Å². The van der Waals surface area contributed by atoms with Crippen molar-refractivity contribution in [3.8, 4) is 11.4 Å². The second-order valence-electron chi connectivity index (χ2n) is 5.58. The fraction of sp³-hybridized carbons (Fsp3) is 0.312. The van der Waals surface area contributed by atoms with Crippen molar-refractivity contribution in [3.05, 3.63) is 45.5 Å². The molecule has 1 aliphatic heterocycles. The van der Waals surface area contributed by atoms with Crippen LogP contribution in [0.3, 0.4) is 0 Å². The maximum Gasteiger partial charge on any atom is 0.281 e. The Bertz CT molecular complexity index is 895. The normalized spacial score (nSPS) is 14.8. The molecule has 22 heavy (non-hydrogen) atoms. The van der Waals surface area contributed by atoms with Crippen LogP contribution >= 0.6 is 11.6 Å². The van der Waals surface area contributed by atoms with E-state index in [1.54, 1.807) is 16.7 Å². The molecule has 0 unspecified atom stereocenters. The Hall–Kier alpha value is -2.14. The smallest absolute Gasteiger partial charge is 0.281 e. The van der Waals surface area contributed by atoms with Crippen molar-refractivity contribution in [2.75, 3.05) is 0 Å². The first-order chi connectivity index (χ1) is 10.7. The molecule has 3 heterocycles. The monoisotopic (exact) mass is 314 g/mol. The number of hydrogen-bond donors (Lipinski definition) is 1. The summed E-state index contributed by atoms with van der Waals surface area (Å²) in [6, 6.07) is 7.37. The van der Waals surface area contributed by atoms with Gasteiger partial charge in [-0.3, -0.25) is 9.36 Å². The summed E-state index contributed by atoms with van der Waals surface area (Å²) in [5, 5.41) is 0.671. The van der Waals surface area contributed by atoms with Crippen molar-refractivity contribution in [3.63, 3.8) is 0 Å². The molecule has 6 heteroatoms. The van der Waals surface area contributed by atoms with E-state index in [2.05, 4.69) is 15.0 Å². The standard InChI is InChI=1S/C16H15ClN4O/c17-11-7-5-10(6-8-11)14-19-13-15(20-14)18-12-4-2-1-3-9-21(12)16(13)22/h5-8H,1-4,9H2,(H,19,20). The quantitative estimate of drug-likeness (QED) is 0.750. The first kappa shape index (κ1) is 13.5. The molecule has 2 aromatic heterocycles. The fourth-order valence-corrected chi connectivity index (χ4v) is 3.05. The molecule has 0 amide bonds. The van der Waals surface area contributed by atoms with Gasteiger partial charge in [-0.2, -0.15) is 0 Å². The number of fused-ring (bicyclic) bond motifs is 2. The first-order valence-corrected chi connectivity index (χ1v) is 7.85. The number of nitrogens with zero attached hydrogens (tertiary/aromatic N) is 3. The number of H-pyrrole nitrogens is 1. The van der Waals surface area contributed by atoms with Crippen LogP contribution in [0, 0.1) is 0 Å². The van der Waals surface area contributed by atoms with E-state index < -0.39 is 0 Å². The van der Waals surface area contributed by atoms with E-state index in [1.165, 1.54) is 0 Å². The Kier molecular flexibility index (Phi) is 3.22. The van der Waals surface area contributed by atoms with E-state index in [1.807, 2.05) is 12.1 Å². The fourth-order valence-electron chi connectivity index (χ4n) is 2.92. The number of aryl methyl sites for hydroxylation is 1. The zero-order valence-electron chi connectivity index (χ0n) is 12.0. The van der Waals surface area contributed by atoms with Crippen LogP contribution in [-0.4, -0.2) is 19.5 Å². The molecule has 0 radical (unpaired) electrons. The third kappa shape index (κ3) is 2.22. The van der Waals surface area contributed by atoms with Crippen molar-refractivity contribution >= 4 is 22.8 Å². The number of rotatable bonds is 1. The molecule has 0 atom stereocenters. The predicted octanol–water partition coefficient (Wildman–Crippen LogP) is 3.17. The van der Waals surface area contributed by atoms with E-state index >= 15 is 0 Å². The largest absolute Gasteiger partial charge is 0.322 e. The summed E-state index contributed by atoms with van der Waals surface area (Å²) in [6.45, 7) is 0.736. The Morgan fingerprint density at radius 2 is 1.91 bits per heavy atom. The van der Waals surface area contributed by atoms with Gasteiger partial charge in [0.05, 0.1) is 0 Å². The number of halogens is 1. The van der Waals surface area contributed by atoms with E-state index in [0.29, 0.717) is 22.0 Å².